The molecule has 0 saturated carbocycles. The summed E-state index contributed by atoms with van der Waals surface area (Å²) in [6.07, 6.45) is -0.0136. The van der Waals surface area contributed by atoms with E-state index in [-0.39, 0.29) is 10.8 Å². The molecule has 8 heteroatoms. The van der Waals surface area contributed by atoms with Crippen molar-refractivity contribution in [2.24, 2.45) is 0 Å². The van der Waals surface area contributed by atoms with E-state index in [0.717, 1.165) is 5.69 Å². The molecule has 0 aromatic heterocycles. The summed E-state index contributed by atoms with van der Waals surface area (Å²) in [6.45, 7) is 3.70. The first-order chi connectivity index (χ1) is 10.5. The van der Waals surface area contributed by atoms with E-state index >= 15 is 0 Å². The summed E-state index contributed by atoms with van der Waals surface area (Å²) in [5.74, 6) is 0.144. The average Bonchev–Trinajstić information content (AvgIpc) is 2.52. The van der Waals surface area contributed by atoms with Crippen LogP contribution in [0.5, 0.6) is 0 Å². The highest BCUT2D eigenvalue weighted by Gasteiger charge is 2.13. The molecule has 1 aromatic rings. The molecule has 0 spiro atoms. The predicted octanol–water partition coefficient (Wildman–Crippen LogP) is 1.40. The van der Waals surface area contributed by atoms with Crippen molar-refractivity contribution in [3.05, 3.63) is 24.3 Å². The average molecular weight is 351 g/mol. The summed E-state index contributed by atoms with van der Waals surface area (Å²) < 4.78 is 31.8. The third kappa shape index (κ3) is 6.93. The number of aliphatic hydroxyl groups excluding tert-OH is 1. The van der Waals surface area contributed by atoms with Crippen molar-refractivity contribution in [1.82, 2.24) is 4.72 Å². The topological polar surface area (TPSA) is 87.7 Å². The van der Waals surface area contributed by atoms with Gasteiger partial charge in [0.1, 0.15) is 0 Å². The quantitative estimate of drug-likeness (QED) is 0.415. The maximum Gasteiger partial charge on any atom is 0.240 e. The van der Waals surface area contributed by atoms with Crippen LogP contribution in [0.2, 0.25) is 0 Å². The molecule has 0 saturated heterocycles. The Balaban J connectivity index is 2.50. The standard InChI is InChI=1S/C14H23ClN2O4S/c1-2-21-9-3-8-17-22(19,20)14-6-4-12(5-7-14)16-11-13(18)10-15/h4-7,13,16-18H,2-3,8-11H2,1H3. The van der Waals surface area contributed by atoms with Gasteiger partial charge in [-0.2, -0.15) is 0 Å². The molecule has 3 N–H and O–H groups in total. The van der Waals surface area contributed by atoms with E-state index in [4.69, 9.17) is 16.3 Å². The smallest absolute Gasteiger partial charge is 0.240 e. The summed E-state index contributed by atoms with van der Waals surface area (Å²) in [5.41, 5.74) is 0.722. The van der Waals surface area contributed by atoms with E-state index in [0.29, 0.717) is 32.7 Å². The molecule has 0 bridgehead atoms. The zero-order valence-corrected chi connectivity index (χ0v) is 14.2. The van der Waals surface area contributed by atoms with E-state index in [1.165, 1.54) is 12.1 Å². The Hall–Kier alpha value is -0.860. The van der Waals surface area contributed by atoms with Crippen LogP contribution in [0.3, 0.4) is 0 Å². The Labute approximate surface area is 136 Å². The van der Waals surface area contributed by atoms with Gasteiger partial charge in [0.05, 0.1) is 16.9 Å². The van der Waals surface area contributed by atoms with Gasteiger partial charge < -0.3 is 15.2 Å². The lowest BCUT2D eigenvalue weighted by Gasteiger charge is -2.11. The van der Waals surface area contributed by atoms with Crippen molar-refractivity contribution in [2.75, 3.05) is 37.5 Å². The summed E-state index contributed by atoms with van der Waals surface area (Å²) in [6, 6.07) is 6.33. The van der Waals surface area contributed by atoms with Crippen LogP contribution in [-0.4, -0.2) is 51.8 Å². The van der Waals surface area contributed by atoms with Crippen molar-refractivity contribution in [3.8, 4) is 0 Å². The summed E-state index contributed by atoms with van der Waals surface area (Å²) in [4.78, 5) is 0.201. The molecular formula is C14H23ClN2O4S. The molecular weight excluding hydrogens is 328 g/mol. The number of nitrogens with one attached hydrogen (secondary N) is 2. The van der Waals surface area contributed by atoms with E-state index in [1.54, 1.807) is 12.1 Å². The van der Waals surface area contributed by atoms with E-state index < -0.39 is 16.1 Å². The summed E-state index contributed by atoms with van der Waals surface area (Å²) in [7, 11) is -3.50. The molecule has 0 amide bonds. The van der Waals surface area contributed by atoms with Crippen molar-refractivity contribution < 1.29 is 18.3 Å². The number of sulfonamides is 1. The molecule has 1 aromatic carbocycles. The van der Waals surface area contributed by atoms with Crippen LogP contribution >= 0.6 is 11.6 Å². The van der Waals surface area contributed by atoms with Gasteiger partial charge in [0.25, 0.3) is 0 Å². The van der Waals surface area contributed by atoms with Crippen LogP contribution in [0.25, 0.3) is 0 Å². The van der Waals surface area contributed by atoms with Crippen molar-refractivity contribution >= 4 is 27.3 Å². The first kappa shape index (κ1) is 19.2. The number of aliphatic hydroxyl groups is 1. The molecule has 0 aliphatic heterocycles. The molecule has 22 heavy (non-hydrogen) atoms. The molecule has 0 heterocycles. The fourth-order valence-corrected chi connectivity index (χ4v) is 2.83. The molecule has 0 fully saturated rings. The molecule has 126 valence electrons. The van der Waals surface area contributed by atoms with E-state index in [1.807, 2.05) is 6.92 Å². The van der Waals surface area contributed by atoms with Crippen LogP contribution < -0.4 is 10.0 Å². The minimum atomic E-state index is -3.50. The molecule has 0 aliphatic rings. The molecule has 1 atom stereocenters. The summed E-state index contributed by atoms with van der Waals surface area (Å²) >= 11 is 5.50. The van der Waals surface area contributed by atoms with Gasteiger partial charge in [0.2, 0.25) is 10.0 Å². The lowest BCUT2D eigenvalue weighted by atomic mass is 10.3. The van der Waals surface area contributed by atoms with Crippen LogP contribution in [-0.2, 0) is 14.8 Å². The number of rotatable bonds is 11. The van der Waals surface area contributed by atoms with Crippen molar-refractivity contribution in [2.45, 2.75) is 24.3 Å². The van der Waals surface area contributed by atoms with Gasteiger partial charge in [0.15, 0.2) is 0 Å². The third-order valence-electron chi connectivity index (χ3n) is 2.85. The number of halogens is 1. The van der Waals surface area contributed by atoms with Crippen LogP contribution in [0.1, 0.15) is 13.3 Å². The minimum Gasteiger partial charge on any atom is -0.390 e. The van der Waals surface area contributed by atoms with Gasteiger partial charge in [-0.15, -0.1) is 11.6 Å². The number of alkyl halides is 1. The van der Waals surface area contributed by atoms with Crippen molar-refractivity contribution in [3.63, 3.8) is 0 Å². The Morgan fingerprint density at radius 2 is 2.00 bits per heavy atom. The SMILES string of the molecule is CCOCCCNS(=O)(=O)c1ccc(NCC(O)CCl)cc1. The Morgan fingerprint density at radius 3 is 2.59 bits per heavy atom. The molecule has 0 aliphatic carbocycles. The Bertz CT molecular complexity index is 522. The van der Waals surface area contributed by atoms with Crippen LogP contribution in [0.4, 0.5) is 5.69 Å². The first-order valence-electron chi connectivity index (χ1n) is 7.15. The highest BCUT2D eigenvalue weighted by molar-refractivity contribution is 7.89. The van der Waals surface area contributed by atoms with E-state index in [2.05, 4.69) is 10.0 Å². The monoisotopic (exact) mass is 350 g/mol. The molecule has 1 unspecified atom stereocenters. The lowest BCUT2D eigenvalue weighted by Crippen LogP contribution is -2.25. The minimum absolute atomic E-state index is 0.144. The first-order valence-corrected chi connectivity index (χ1v) is 9.16. The van der Waals surface area contributed by atoms with Gasteiger partial charge in [-0.05, 0) is 37.6 Å². The van der Waals surface area contributed by atoms with Crippen LogP contribution in [0.15, 0.2) is 29.2 Å². The van der Waals surface area contributed by atoms with Crippen LogP contribution in [0, 0.1) is 0 Å². The Morgan fingerprint density at radius 1 is 1.32 bits per heavy atom. The maximum atomic E-state index is 12.1. The second kappa shape index (κ2) is 10.0. The Kier molecular flexibility index (Phi) is 8.74. The number of anilines is 1. The highest BCUT2D eigenvalue weighted by atomic mass is 35.5. The summed E-state index contributed by atoms with van der Waals surface area (Å²) in [5, 5.41) is 12.3. The zero-order valence-electron chi connectivity index (χ0n) is 12.6. The normalized spacial score (nSPS) is 13.0. The van der Waals surface area contributed by atoms with Gasteiger partial charge in [-0.25, -0.2) is 13.1 Å². The zero-order chi connectivity index (χ0) is 16.4. The second-order valence-corrected chi connectivity index (χ2v) is 6.74. The number of ether oxygens (including phenoxy) is 1. The number of benzene rings is 1. The fourth-order valence-electron chi connectivity index (χ4n) is 1.65. The van der Waals surface area contributed by atoms with Gasteiger partial charge in [-0.1, -0.05) is 0 Å². The van der Waals surface area contributed by atoms with Gasteiger partial charge >= 0.3 is 0 Å². The maximum absolute atomic E-state index is 12.1. The third-order valence-corrected chi connectivity index (χ3v) is 4.68. The molecule has 0 radical (unpaired) electrons. The largest absolute Gasteiger partial charge is 0.390 e. The predicted molar refractivity (Wildman–Crippen MR) is 88.0 cm³/mol. The van der Waals surface area contributed by atoms with Gasteiger partial charge in [-0.3, -0.25) is 0 Å². The second-order valence-electron chi connectivity index (χ2n) is 4.66. The lowest BCUT2D eigenvalue weighted by molar-refractivity contribution is 0.146. The van der Waals surface area contributed by atoms with Gasteiger partial charge in [0, 0.05) is 32.0 Å². The van der Waals surface area contributed by atoms with Crippen molar-refractivity contribution in [1.29, 1.82) is 0 Å². The molecule has 6 nitrogen and oxygen atoms in total. The molecule has 1 rings (SSSR count). The fraction of sp³-hybridized carbons (Fsp3) is 0.571. The van der Waals surface area contributed by atoms with E-state index in [9.17, 15) is 13.5 Å². The highest BCUT2D eigenvalue weighted by Crippen LogP contribution is 2.14. The number of hydrogen-bond acceptors (Lipinski definition) is 5. The number of hydrogen-bond donors (Lipinski definition) is 3.